The van der Waals surface area contributed by atoms with Gasteiger partial charge in [0, 0.05) is 16.8 Å². The van der Waals surface area contributed by atoms with Gasteiger partial charge in [-0.05, 0) is 18.9 Å². The van der Waals surface area contributed by atoms with E-state index in [9.17, 15) is 8.42 Å². The van der Waals surface area contributed by atoms with E-state index < -0.39 is 10.0 Å². The van der Waals surface area contributed by atoms with Gasteiger partial charge in [-0.2, -0.15) is 0 Å². The standard InChI is InChI=1S/C12H17N5O2S2/c1-3-10-11(4-2)15-16-12(14-10)17-21(18,19)9-5-8(6-13)20-7-9/h5,7H,3-4,6,13H2,1-2H3,(H,14,16,17). The molecule has 0 aliphatic rings. The van der Waals surface area contributed by atoms with Crippen molar-refractivity contribution in [2.24, 2.45) is 5.73 Å². The Kier molecular flexibility index (Phi) is 4.86. The summed E-state index contributed by atoms with van der Waals surface area (Å²) in [5.74, 6) is -0.00968. The van der Waals surface area contributed by atoms with Gasteiger partial charge in [0.1, 0.15) is 0 Å². The average Bonchev–Trinajstić information content (AvgIpc) is 2.96. The number of aryl methyl sites for hydroxylation is 2. The van der Waals surface area contributed by atoms with Crippen molar-refractivity contribution in [3.63, 3.8) is 0 Å². The zero-order valence-corrected chi connectivity index (χ0v) is 13.5. The lowest BCUT2D eigenvalue weighted by molar-refractivity contribution is 0.600. The monoisotopic (exact) mass is 327 g/mol. The minimum absolute atomic E-state index is 0.00968. The molecule has 114 valence electrons. The van der Waals surface area contributed by atoms with E-state index in [2.05, 4.69) is 19.9 Å². The number of nitrogens with zero attached hydrogens (tertiary/aromatic N) is 3. The Balaban J connectivity index is 2.28. The van der Waals surface area contributed by atoms with Gasteiger partial charge in [0.2, 0.25) is 0 Å². The van der Waals surface area contributed by atoms with E-state index in [1.807, 2.05) is 13.8 Å². The second-order valence-electron chi connectivity index (χ2n) is 4.29. The number of nitrogens with one attached hydrogen (secondary N) is 1. The molecule has 0 bridgehead atoms. The first-order valence-corrected chi connectivity index (χ1v) is 8.89. The molecule has 0 saturated carbocycles. The molecule has 0 atom stereocenters. The van der Waals surface area contributed by atoms with Gasteiger partial charge >= 0.3 is 0 Å². The molecule has 0 amide bonds. The SMILES string of the molecule is CCc1nnc(NS(=O)(=O)c2csc(CN)c2)nc1CC. The summed E-state index contributed by atoms with van der Waals surface area (Å²) in [7, 11) is -3.71. The van der Waals surface area contributed by atoms with Crippen molar-refractivity contribution >= 4 is 27.3 Å². The molecular weight excluding hydrogens is 310 g/mol. The maximum absolute atomic E-state index is 12.2. The number of anilines is 1. The fourth-order valence-electron chi connectivity index (χ4n) is 1.77. The van der Waals surface area contributed by atoms with Crippen molar-refractivity contribution in [3.05, 3.63) is 27.7 Å². The highest BCUT2D eigenvalue weighted by Crippen LogP contribution is 2.20. The summed E-state index contributed by atoms with van der Waals surface area (Å²) >= 11 is 1.30. The third-order valence-corrected chi connectivity index (χ3v) is 5.29. The predicted molar refractivity (Wildman–Crippen MR) is 81.6 cm³/mol. The van der Waals surface area contributed by atoms with Crippen LogP contribution < -0.4 is 10.5 Å². The molecule has 0 aliphatic heterocycles. The van der Waals surface area contributed by atoms with Gasteiger partial charge in [0.05, 0.1) is 16.3 Å². The molecule has 0 fully saturated rings. The predicted octanol–water partition coefficient (Wildman–Crippen LogP) is 1.32. The van der Waals surface area contributed by atoms with E-state index in [-0.39, 0.29) is 10.8 Å². The number of sulfonamides is 1. The Morgan fingerprint density at radius 1 is 1.24 bits per heavy atom. The summed E-state index contributed by atoms with van der Waals surface area (Å²) in [4.78, 5) is 5.17. The third kappa shape index (κ3) is 3.55. The van der Waals surface area contributed by atoms with Crippen molar-refractivity contribution in [2.45, 2.75) is 38.1 Å². The summed E-state index contributed by atoms with van der Waals surface area (Å²) in [5, 5.41) is 9.37. The zero-order valence-electron chi connectivity index (χ0n) is 11.8. The van der Waals surface area contributed by atoms with Crippen molar-refractivity contribution < 1.29 is 8.42 Å². The van der Waals surface area contributed by atoms with Crippen molar-refractivity contribution in [1.82, 2.24) is 15.2 Å². The highest BCUT2D eigenvalue weighted by molar-refractivity contribution is 7.92. The second kappa shape index (κ2) is 6.46. The lowest BCUT2D eigenvalue weighted by Gasteiger charge is -2.07. The van der Waals surface area contributed by atoms with E-state index >= 15 is 0 Å². The summed E-state index contributed by atoms with van der Waals surface area (Å²) in [6.07, 6.45) is 1.38. The van der Waals surface area contributed by atoms with Crippen LogP contribution in [0.2, 0.25) is 0 Å². The van der Waals surface area contributed by atoms with Crippen LogP contribution in [-0.4, -0.2) is 23.6 Å². The number of rotatable bonds is 6. The average molecular weight is 327 g/mol. The third-order valence-electron chi connectivity index (χ3n) is 2.88. The molecule has 2 aromatic heterocycles. The number of nitrogens with two attached hydrogens (primary N) is 1. The Bertz CT molecular complexity index is 727. The number of hydrogen-bond acceptors (Lipinski definition) is 7. The largest absolute Gasteiger partial charge is 0.326 e. The van der Waals surface area contributed by atoms with E-state index in [0.717, 1.165) is 16.3 Å². The van der Waals surface area contributed by atoms with Crippen LogP contribution in [0, 0.1) is 0 Å². The summed E-state index contributed by atoms with van der Waals surface area (Å²) in [5.41, 5.74) is 7.02. The van der Waals surface area contributed by atoms with Crippen LogP contribution in [0.15, 0.2) is 16.3 Å². The van der Waals surface area contributed by atoms with Gasteiger partial charge < -0.3 is 5.73 Å². The Hall–Kier alpha value is -1.58. The van der Waals surface area contributed by atoms with Gasteiger partial charge in [-0.1, -0.05) is 13.8 Å². The number of hydrogen-bond donors (Lipinski definition) is 2. The van der Waals surface area contributed by atoms with Crippen molar-refractivity contribution in [2.75, 3.05) is 4.72 Å². The molecule has 9 heteroatoms. The molecule has 2 heterocycles. The molecule has 0 radical (unpaired) electrons. The van der Waals surface area contributed by atoms with Crippen LogP contribution in [0.1, 0.15) is 30.1 Å². The Morgan fingerprint density at radius 3 is 2.52 bits per heavy atom. The molecule has 2 rings (SSSR count). The normalized spacial score (nSPS) is 11.6. The molecule has 0 saturated heterocycles. The van der Waals surface area contributed by atoms with Gasteiger partial charge in [-0.25, -0.2) is 18.1 Å². The fraction of sp³-hybridized carbons (Fsp3) is 0.417. The van der Waals surface area contributed by atoms with Crippen LogP contribution in [0.5, 0.6) is 0 Å². The zero-order chi connectivity index (χ0) is 15.5. The van der Waals surface area contributed by atoms with Gasteiger partial charge in [0.25, 0.3) is 16.0 Å². The number of thiophene rings is 1. The maximum atomic E-state index is 12.2. The maximum Gasteiger partial charge on any atom is 0.265 e. The van der Waals surface area contributed by atoms with Gasteiger partial charge in [-0.3, -0.25) is 0 Å². The molecule has 0 unspecified atom stereocenters. The molecular formula is C12H17N5O2S2. The van der Waals surface area contributed by atoms with Gasteiger partial charge in [-0.15, -0.1) is 21.5 Å². The molecule has 21 heavy (non-hydrogen) atoms. The number of aromatic nitrogens is 3. The lowest BCUT2D eigenvalue weighted by atomic mass is 10.2. The molecule has 3 N–H and O–H groups in total. The lowest BCUT2D eigenvalue weighted by Crippen LogP contribution is -2.16. The molecule has 0 aromatic carbocycles. The van der Waals surface area contributed by atoms with Crippen LogP contribution in [0.3, 0.4) is 0 Å². The minimum Gasteiger partial charge on any atom is -0.326 e. The molecule has 0 spiro atoms. The summed E-state index contributed by atoms with van der Waals surface area (Å²) in [6, 6.07) is 1.54. The van der Waals surface area contributed by atoms with E-state index in [1.54, 1.807) is 11.4 Å². The van der Waals surface area contributed by atoms with Crippen LogP contribution in [-0.2, 0) is 29.4 Å². The Labute approximate surface area is 127 Å². The first-order valence-electron chi connectivity index (χ1n) is 6.52. The van der Waals surface area contributed by atoms with E-state index in [4.69, 9.17) is 5.73 Å². The molecule has 2 aromatic rings. The van der Waals surface area contributed by atoms with E-state index in [1.165, 1.54) is 11.3 Å². The van der Waals surface area contributed by atoms with Crippen molar-refractivity contribution in [1.29, 1.82) is 0 Å². The van der Waals surface area contributed by atoms with Crippen LogP contribution >= 0.6 is 11.3 Å². The quantitative estimate of drug-likeness (QED) is 0.827. The van der Waals surface area contributed by atoms with E-state index in [0.29, 0.717) is 19.4 Å². The Morgan fingerprint density at radius 2 is 1.95 bits per heavy atom. The molecule has 7 nitrogen and oxygen atoms in total. The van der Waals surface area contributed by atoms with Crippen LogP contribution in [0.25, 0.3) is 0 Å². The summed E-state index contributed by atoms with van der Waals surface area (Å²) < 4.78 is 26.8. The second-order valence-corrected chi connectivity index (χ2v) is 6.97. The molecule has 0 aliphatic carbocycles. The fourth-order valence-corrected chi connectivity index (χ4v) is 3.86. The van der Waals surface area contributed by atoms with Gasteiger partial charge in [0.15, 0.2) is 0 Å². The van der Waals surface area contributed by atoms with Crippen molar-refractivity contribution in [3.8, 4) is 0 Å². The highest BCUT2D eigenvalue weighted by Gasteiger charge is 2.18. The van der Waals surface area contributed by atoms with Crippen LogP contribution in [0.4, 0.5) is 5.95 Å². The minimum atomic E-state index is -3.71. The summed E-state index contributed by atoms with van der Waals surface area (Å²) in [6.45, 7) is 4.20. The first kappa shape index (κ1) is 15.8. The highest BCUT2D eigenvalue weighted by atomic mass is 32.2. The topological polar surface area (TPSA) is 111 Å². The first-order chi connectivity index (χ1) is 10.00. The smallest absolute Gasteiger partial charge is 0.265 e.